The highest BCUT2D eigenvalue weighted by Crippen LogP contribution is 2.13. The van der Waals surface area contributed by atoms with Crippen molar-refractivity contribution in [1.82, 2.24) is 4.90 Å². The average Bonchev–Trinajstić information content (AvgIpc) is 2.47. The molecule has 2 N–H and O–H groups in total. The van der Waals surface area contributed by atoms with Crippen LogP contribution in [0.2, 0.25) is 0 Å². The molecule has 0 aliphatic rings. The van der Waals surface area contributed by atoms with Gasteiger partial charge in [-0.3, -0.25) is 4.79 Å². The van der Waals surface area contributed by atoms with Crippen LogP contribution in [0, 0.1) is 17.7 Å². The number of unbranched alkanes of at least 4 members (excludes halogenated alkanes) is 1. The van der Waals surface area contributed by atoms with Gasteiger partial charge in [0, 0.05) is 18.7 Å². The van der Waals surface area contributed by atoms with Crippen LogP contribution in [0.3, 0.4) is 0 Å². The maximum Gasteiger partial charge on any atom is 0.256 e. The maximum atomic E-state index is 13.8. The Morgan fingerprint density at radius 3 is 2.75 bits per heavy atom. The van der Waals surface area contributed by atoms with E-state index in [0.29, 0.717) is 18.7 Å². The van der Waals surface area contributed by atoms with Crippen LogP contribution >= 0.6 is 0 Å². The summed E-state index contributed by atoms with van der Waals surface area (Å²) in [5.41, 5.74) is 5.99. The van der Waals surface area contributed by atoms with E-state index in [1.165, 1.54) is 12.1 Å². The molecule has 3 nitrogen and oxygen atoms in total. The minimum atomic E-state index is -0.511. The second-order valence-electron chi connectivity index (χ2n) is 4.44. The van der Waals surface area contributed by atoms with Crippen molar-refractivity contribution < 1.29 is 9.18 Å². The molecule has 0 bridgehead atoms. The Bertz CT molecular complexity index is 517. The number of hydrogen-bond acceptors (Lipinski definition) is 2. The molecule has 0 spiro atoms. The lowest BCUT2D eigenvalue weighted by Gasteiger charge is -2.21. The number of carbonyl (C=O) groups excluding carboxylic acids is 1. The zero-order valence-electron chi connectivity index (χ0n) is 12.1. The predicted molar refractivity (Wildman–Crippen MR) is 78.8 cm³/mol. The molecule has 0 saturated heterocycles. The van der Waals surface area contributed by atoms with Crippen molar-refractivity contribution >= 4 is 5.91 Å². The lowest BCUT2D eigenvalue weighted by atomic mass is 10.1. The number of hydrogen-bond donors (Lipinski definition) is 1. The Balaban J connectivity index is 3.00. The van der Waals surface area contributed by atoms with Gasteiger partial charge >= 0.3 is 0 Å². The molecule has 1 rings (SSSR count). The molecule has 0 heterocycles. The Kier molecular flexibility index (Phi) is 6.75. The molecule has 0 radical (unpaired) electrons. The van der Waals surface area contributed by atoms with E-state index < -0.39 is 5.82 Å². The van der Waals surface area contributed by atoms with Crippen LogP contribution in [0.25, 0.3) is 0 Å². The minimum Gasteiger partial charge on any atom is -0.339 e. The monoisotopic (exact) mass is 276 g/mol. The number of rotatable bonds is 5. The Morgan fingerprint density at radius 1 is 1.40 bits per heavy atom. The van der Waals surface area contributed by atoms with E-state index in [4.69, 9.17) is 5.73 Å². The van der Waals surface area contributed by atoms with Crippen molar-refractivity contribution in [3.05, 3.63) is 35.1 Å². The molecule has 4 heteroatoms. The number of nitrogens with two attached hydrogens (primary N) is 1. The second-order valence-corrected chi connectivity index (χ2v) is 4.44. The molecular weight excluding hydrogens is 255 g/mol. The summed E-state index contributed by atoms with van der Waals surface area (Å²) in [6.07, 6.45) is 1.90. The predicted octanol–water partition coefficient (Wildman–Crippen LogP) is 2.40. The van der Waals surface area contributed by atoms with E-state index in [1.807, 2.05) is 6.92 Å². The third-order valence-corrected chi connectivity index (χ3v) is 2.98. The van der Waals surface area contributed by atoms with Gasteiger partial charge in [0.05, 0.1) is 12.1 Å². The fourth-order valence-electron chi connectivity index (χ4n) is 1.84. The summed E-state index contributed by atoms with van der Waals surface area (Å²) >= 11 is 0. The smallest absolute Gasteiger partial charge is 0.256 e. The first-order valence-electron chi connectivity index (χ1n) is 6.91. The van der Waals surface area contributed by atoms with E-state index in [9.17, 15) is 9.18 Å². The molecule has 0 aromatic heterocycles. The van der Waals surface area contributed by atoms with Crippen molar-refractivity contribution in [3.8, 4) is 11.8 Å². The first-order valence-corrected chi connectivity index (χ1v) is 6.91. The fourth-order valence-corrected chi connectivity index (χ4v) is 1.84. The van der Waals surface area contributed by atoms with Gasteiger partial charge in [0.2, 0.25) is 0 Å². The minimum absolute atomic E-state index is 0.0757. The lowest BCUT2D eigenvalue weighted by Crippen LogP contribution is -2.32. The van der Waals surface area contributed by atoms with Gasteiger partial charge in [0.15, 0.2) is 0 Å². The van der Waals surface area contributed by atoms with Gasteiger partial charge < -0.3 is 10.6 Å². The Labute approximate surface area is 120 Å². The molecule has 0 fully saturated rings. The van der Waals surface area contributed by atoms with Gasteiger partial charge in [0.25, 0.3) is 5.91 Å². The molecule has 1 amide bonds. The average molecular weight is 276 g/mol. The third-order valence-electron chi connectivity index (χ3n) is 2.98. The number of nitrogens with zero attached hydrogens (tertiary/aromatic N) is 1. The highest BCUT2D eigenvalue weighted by molar-refractivity contribution is 5.94. The normalized spacial score (nSPS) is 9.80. The molecule has 0 aliphatic heterocycles. The van der Waals surface area contributed by atoms with Gasteiger partial charge in [-0.2, -0.15) is 0 Å². The molecule has 0 atom stereocenters. The first kappa shape index (κ1) is 16.2. The summed E-state index contributed by atoms with van der Waals surface area (Å²) in [7, 11) is 0. The molecule has 0 unspecified atom stereocenters. The molecule has 1 aromatic rings. The number of halogens is 1. The third kappa shape index (κ3) is 4.36. The summed E-state index contributed by atoms with van der Waals surface area (Å²) in [6, 6.07) is 4.33. The summed E-state index contributed by atoms with van der Waals surface area (Å²) in [6.45, 7) is 5.39. The molecule has 0 saturated carbocycles. The van der Waals surface area contributed by atoms with Crippen molar-refractivity contribution in [1.29, 1.82) is 0 Å². The van der Waals surface area contributed by atoms with Crippen LogP contribution in [0.1, 0.15) is 42.6 Å². The van der Waals surface area contributed by atoms with Gasteiger partial charge in [-0.25, -0.2) is 4.39 Å². The van der Waals surface area contributed by atoms with E-state index in [2.05, 4.69) is 18.8 Å². The quantitative estimate of drug-likeness (QED) is 0.839. The van der Waals surface area contributed by atoms with Crippen LogP contribution < -0.4 is 5.73 Å². The largest absolute Gasteiger partial charge is 0.339 e. The van der Waals surface area contributed by atoms with Gasteiger partial charge in [0.1, 0.15) is 5.82 Å². The van der Waals surface area contributed by atoms with Crippen LogP contribution in [-0.2, 0) is 0 Å². The fraction of sp³-hybridized carbons (Fsp3) is 0.438. The van der Waals surface area contributed by atoms with E-state index in [-0.39, 0.29) is 18.0 Å². The standard InChI is InChI=1S/C16H21FN2O/c1-3-5-11-19(4-2)16(20)14-12-13(7-6-10-18)8-9-15(14)17/h8-9,12H,3-5,10-11,18H2,1-2H3. The Morgan fingerprint density at radius 2 is 2.15 bits per heavy atom. The summed E-state index contributed by atoms with van der Waals surface area (Å²) < 4.78 is 13.8. The summed E-state index contributed by atoms with van der Waals surface area (Å²) in [5.74, 6) is 4.72. The number of amides is 1. The van der Waals surface area contributed by atoms with Gasteiger partial charge in [-0.15, -0.1) is 0 Å². The van der Waals surface area contributed by atoms with Crippen LogP contribution in [-0.4, -0.2) is 30.4 Å². The lowest BCUT2D eigenvalue weighted by molar-refractivity contribution is 0.0757. The SMILES string of the molecule is CCCCN(CC)C(=O)c1cc(C#CCN)ccc1F. The first-order chi connectivity index (χ1) is 9.63. The highest BCUT2D eigenvalue weighted by atomic mass is 19.1. The molecular formula is C16H21FN2O. The topological polar surface area (TPSA) is 46.3 Å². The zero-order chi connectivity index (χ0) is 15.0. The van der Waals surface area contributed by atoms with Crippen LogP contribution in [0.15, 0.2) is 18.2 Å². The van der Waals surface area contributed by atoms with E-state index in [1.54, 1.807) is 11.0 Å². The van der Waals surface area contributed by atoms with Crippen molar-refractivity contribution in [2.75, 3.05) is 19.6 Å². The second kappa shape index (κ2) is 8.34. The highest BCUT2D eigenvalue weighted by Gasteiger charge is 2.17. The Hall–Kier alpha value is -1.86. The van der Waals surface area contributed by atoms with Crippen molar-refractivity contribution in [2.45, 2.75) is 26.7 Å². The number of carbonyl (C=O) groups is 1. The summed E-state index contributed by atoms with van der Waals surface area (Å²) in [4.78, 5) is 14.0. The van der Waals surface area contributed by atoms with Crippen LogP contribution in [0.5, 0.6) is 0 Å². The van der Waals surface area contributed by atoms with E-state index in [0.717, 1.165) is 12.8 Å². The van der Waals surface area contributed by atoms with E-state index >= 15 is 0 Å². The van der Waals surface area contributed by atoms with Crippen LogP contribution in [0.4, 0.5) is 4.39 Å². The molecule has 0 aliphatic carbocycles. The molecule has 108 valence electrons. The summed E-state index contributed by atoms with van der Waals surface area (Å²) in [5, 5.41) is 0. The van der Waals surface area contributed by atoms with Crippen molar-refractivity contribution in [3.63, 3.8) is 0 Å². The molecule has 20 heavy (non-hydrogen) atoms. The van der Waals surface area contributed by atoms with Gasteiger partial charge in [-0.05, 0) is 31.5 Å². The zero-order valence-corrected chi connectivity index (χ0v) is 12.1. The number of benzene rings is 1. The molecule has 1 aromatic carbocycles. The maximum absolute atomic E-state index is 13.8. The van der Waals surface area contributed by atoms with Crippen molar-refractivity contribution in [2.24, 2.45) is 5.73 Å². The van der Waals surface area contributed by atoms with Gasteiger partial charge in [-0.1, -0.05) is 25.2 Å².